The maximum Gasteiger partial charge on any atom is 0.263 e. The van der Waals surface area contributed by atoms with Crippen LogP contribution in [-0.4, -0.2) is 26.2 Å². The lowest BCUT2D eigenvalue weighted by Gasteiger charge is -2.01. The number of nitrogens with two attached hydrogens (primary N) is 1. The number of benzene rings is 1. The monoisotopic (exact) mass is 266 g/mol. The molecule has 0 unspecified atom stereocenters. The maximum atomic E-state index is 9.56. The summed E-state index contributed by atoms with van der Waals surface area (Å²) in [6.07, 6.45) is 1.41. The minimum atomic E-state index is 0.0790. The molecule has 2 aromatic rings. The highest BCUT2D eigenvalue weighted by atomic mass is 35.5. The minimum absolute atomic E-state index is 0.0790. The van der Waals surface area contributed by atoms with Crippen LogP contribution in [0.5, 0.6) is 5.75 Å². The van der Waals surface area contributed by atoms with Gasteiger partial charge < -0.3 is 10.9 Å². The number of hydrazone groups is 1. The van der Waals surface area contributed by atoms with E-state index in [1.165, 1.54) is 17.0 Å². The second-order valence-corrected chi connectivity index (χ2v) is 3.95. The zero-order valence-corrected chi connectivity index (χ0v) is 10.3. The van der Waals surface area contributed by atoms with Crippen LogP contribution in [0.2, 0.25) is 5.02 Å². The Morgan fingerprint density at radius 3 is 2.94 bits per heavy atom. The summed E-state index contributed by atoms with van der Waals surface area (Å²) in [6.45, 7) is 1.71. The first-order chi connectivity index (χ1) is 8.58. The number of nitrogen functional groups attached to an aromatic ring is 1. The Morgan fingerprint density at radius 2 is 2.28 bits per heavy atom. The summed E-state index contributed by atoms with van der Waals surface area (Å²) in [4.78, 5) is 0. The number of hydrogen-bond donors (Lipinski definition) is 3. The fraction of sp³-hybridized carbons (Fsp3) is 0.100. The molecule has 0 bridgehead atoms. The fourth-order valence-electron chi connectivity index (χ4n) is 1.23. The summed E-state index contributed by atoms with van der Waals surface area (Å²) in [5.41, 5.74) is 3.09. The van der Waals surface area contributed by atoms with Gasteiger partial charge in [0.15, 0.2) is 5.82 Å². The molecule has 0 aliphatic carbocycles. The molecule has 0 radical (unpaired) electrons. The van der Waals surface area contributed by atoms with Crippen LogP contribution in [0.3, 0.4) is 0 Å². The van der Waals surface area contributed by atoms with E-state index in [9.17, 15) is 5.11 Å². The number of nitrogens with zero attached hydrogens (tertiary/aromatic N) is 4. The van der Waals surface area contributed by atoms with E-state index >= 15 is 0 Å². The molecule has 0 aliphatic heterocycles. The van der Waals surface area contributed by atoms with Gasteiger partial charge >= 0.3 is 0 Å². The number of aryl methyl sites for hydroxylation is 1. The average Bonchev–Trinajstić information content (AvgIpc) is 2.65. The van der Waals surface area contributed by atoms with Crippen molar-refractivity contribution >= 4 is 23.8 Å². The average molecular weight is 267 g/mol. The molecule has 94 valence electrons. The Hall–Kier alpha value is -2.28. The lowest BCUT2D eigenvalue weighted by atomic mass is 10.2. The number of phenols is 1. The molecule has 1 heterocycles. The highest BCUT2D eigenvalue weighted by Crippen LogP contribution is 2.19. The molecular weight excluding hydrogens is 256 g/mol. The Kier molecular flexibility index (Phi) is 3.33. The molecule has 4 N–H and O–H groups in total. The van der Waals surface area contributed by atoms with E-state index < -0.39 is 0 Å². The largest absolute Gasteiger partial charge is 0.507 e. The highest BCUT2D eigenvalue weighted by Gasteiger charge is 2.03. The number of halogens is 1. The van der Waals surface area contributed by atoms with Gasteiger partial charge in [-0.1, -0.05) is 11.6 Å². The van der Waals surface area contributed by atoms with Crippen LogP contribution in [0, 0.1) is 6.92 Å². The van der Waals surface area contributed by atoms with Crippen molar-refractivity contribution in [2.45, 2.75) is 6.92 Å². The number of nitrogens with one attached hydrogen (secondary N) is 1. The van der Waals surface area contributed by atoms with Gasteiger partial charge in [0.1, 0.15) is 5.75 Å². The van der Waals surface area contributed by atoms with Gasteiger partial charge in [-0.15, -0.1) is 10.2 Å². The van der Waals surface area contributed by atoms with Gasteiger partial charge in [0.05, 0.1) is 6.21 Å². The molecule has 7 nitrogen and oxygen atoms in total. The van der Waals surface area contributed by atoms with E-state index in [0.717, 1.165) is 0 Å². The van der Waals surface area contributed by atoms with Crippen molar-refractivity contribution in [2.24, 2.45) is 5.10 Å². The number of anilines is 1. The summed E-state index contributed by atoms with van der Waals surface area (Å²) in [5.74, 6) is 6.55. The van der Waals surface area contributed by atoms with Crippen LogP contribution < -0.4 is 11.3 Å². The van der Waals surface area contributed by atoms with E-state index in [0.29, 0.717) is 22.4 Å². The lowest BCUT2D eigenvalue weighted by Crippen LogP contribution is -2.13. The van der Waals surface area contributed by atoms with Gasteiger partial charge in [-0.2, -0.15) is 5.10 Å². The first kappa shape index (κ1) is 12.2. The molecule has 0 saturated carbocycles. The summed E-state index contributed by atoms with van der Waals surface area (Å²) >= 11 is 5.80. The Balaban J connectivity index is 2.12. The Labute approximate surface area is 108 Å². The van der Waals surface area contributed by atoms with E-state index in [-0.39, 0.29) is 5.75 Å². The molecule has 0 saturated heterocycles. The first-order valence-corrected chi connectivity index (χ1v) is 5.40. The third-order valence-electron chi connectivity index (χ3n) is 2.22. The van der Waals surface area contributed by atoms with Crippen molar-refractivity contribution in [3.05, 3.63) is 34.6 Å². The number of aromatic nitrogens is 3. The molecule has 0 amide bonds. The van der Waals surface area contributed by atoms with Gasteiger partial charge in [0.25, 0.3) is 5.95 Å². The topological polar surface area (TPSA) is 101 Å². The van der Waals surface area contributed by atoms with Crippen molar-refractivity contribution < 1.29 is 5.11 Å². The zero-order valence-electron chi connectivity index (χ0n) is 9.50. The van der Waals surface area contributed by atoms with Crippen LogP contribution in [0.25, 0.3) is 0 Å². The Bertz CT molecular complexity index is 594. The molecular formula is C10H11ClN6O. The molecule has 8 heteroatoms. The van der Waals surface area contributed by atoms with Crippen LogP contribution in [0.1, 0.15) is 11.4 Å². The zero-order chi connectivity index (χ0) is 13.1. The second kappa shape index (κ2) is 4.92. The van der Waals surface area contributed by atoms with Crippen LogP contribution >= 0.6 is 11.6 Å². The van der Waals surface area contributed by atoms with E-state index in [4.69, 9.17) is 17.4 Å². The van der Waals surface area contributed by atoms with Crippen molar-refractivity contribution in [1.82, 2.24) is 14.9 Å². The standard InChI is InChI=1S/C10H11ClN6O/c1-6-14-16-10(17(6)12)15-13-5-7-4-8(11)2-3-9(7)18/h2-5,18H,12H2,1H3,(H,15,16)/b13-5+. The second-order valence-electron chi connectivity index (χ2n) is 3.51. The third-order valence-corrected chi connectivity index (χ3v) is 2.46. The van der Waals surface area contributed by atoms with Crippen molar-refractivity contribution in [1.29, 1.82) is 0 Å². The maximum absolute atomic E-state index is 9.56. The van der Waals surface area contributed by atoms with E-state index in [1.807, 2.05) is 0 Å². The first-order valence-electron chi connectivity index (χ1n) is 5.02. The smallest absolute Gasteiger partial charge is 0.263 e. The molecule has 2 rings (SSSR count). The van der Waals surface area contributed by atoms with Crippen LogP contribution in [0.4, 0.5) is 5.95 Å². The van der Waals surface area contributed by atoms with Gasteiger partial charge in [-0.3, -0.25) is 0 Å². The normalized spacial score (nSPS) is 11.0. The predicted molar refractivity (Wildman–Crippen MR) is 69.2 cm³/mol. The molecule has 1 aromatic heterocycles. The predicted octanol–water partition coefficient (Wildman–Crippen LogP) is 1.11. The lowest BCUT2D eigenvalue weighted by molar-refractivity contribution is 0.474. The van der Waals surface area contributed by atoms with Crippen molar-refractivity contribution in [3.63, 3.8) is 0 Å². The summed E-state index contributed by atoms with van der Waals surface area (Å²) in [7, 11) is 0. The van der Waals surface area contributed by atoms with E-state index in [2.05, 4.69) is 20.7 Å². The molecule has 1 aromatic carbocycles. The molecule has 0 atom stereocenters. The van der Waals surface area contributed by atoms with E-state index in [1.54, 1.807) is 19.1 Å². The fourth-order valence-corrected chi connectivity index (χ4v) is 1.41. The summed E-state index contributed by atoms with van der Waals surface area (Å²) in [6, 6.07) is 4.65. The number of aromatic hydroxyl groups is 1. The SMILES string of the molecule is Cc1nnc(N/N=C/c2cc(Cl)ccc2O)n1N. The number of phenolic OH excluding ortho intramolecular Hbond substituents is 1. The molecule has 0 spiro atoms. The molecule has 0 aliphatic rings. The van der Waals surface area contributed by atoms with Crippen LogP contribution in [0.15, 0.2) is 23.3 Å². The summed E-state index contributed by atoms with van der Waals surface area (Å²) in [5, 5.41) is 21.5. The Morgan fingerprint density at radius 1 is 1.50 bits per heavy atom. The van der Waals surface area contributed by atoms with Gasteiger partial charge in [-0.05, 0) is 25.1 Å². The minimum Gasteiger partial charge on any atom is -0.507 e. The quantitative estimate of drug-likeness (QED) is 0.439. The number of rotatable bonds is 3. The van der Waals surface area contributed by atoms with Gasteiger partial charge in [0.2, 0.25) is 0 Å². The molecule has 18 heavy (non-hydrogen) atoms. The number of hydrogen-bond acceptors (Lipinski definition) is 6. The van der Waals surface area contributed by atoms with Crippen molar-refractivity contribution in [3.8, 4) is 5.75 Å². The molecule has 0 fully saturated rings. The van der Waals surface area contributed by atoms with Gasteiger partial charge in [0, 0.05) is 10.6 Å². The van der Waals surface area contributed by atoms with Crippen LogP contribution in [-0.2, 0) is 0 Å². The third kappa shape index (κ3) is 2.51. The van der Waals surface area contributed by atoms with Crippen molar-refractivity contribution in [2.75, 3.05) is 11.3 Å². The highest BCUT2D eigenvalue weighted by molar-refractivity contribution is 6.30. The van der Waals surface area contributed by atoms with Gasteiger partial charge in [-0.25, -0.2) is 10.1 Å². The summed E-state index contributed by atoms with van der Waals surface area (Å²) < 4.78 is 1.26.